The molecule has 0 spiro atoms. The number of hydrogen-bond donors (Lipinski definition) is 0. The van der Waals surface area contributed by atoms with Crippen LogP contribution in [0.25, 0.3) is 0 Å². The number of hydrogen-bond acceptors (Lipinski definition) is 2. The first-order chi connectivity index (χ1) is 5.79. The van der Waals surface area contributed by atoms with Gasteiger partial charge in [-0.25, -0.2) is 0 Å². The van der Waals surface area contributed by atoms with Crippen LogP contribution >= 0.6 is 0 Å². The van der Waals surface area contributed by atoms with Crippen molar-refractivity contribution in [1.82, 2.24) is 0 Å². The molecule has 0 radical (unpaired) electrons. The minimum Gasteiger partial charge on any atom is -0.445 e. The molecule has 2 nitrogen and oxygen atoms in total. The Kier molecular flexibility index (Phi) is 5.92. The zero-order valence-electron chi connectivity index (χ0n) is 8.47. The van der Waals surface area contributed by atoms with Crippen molar-refractivity contribution >= 4 is 6.98 Å². The van der Waals surface area contributed by atoms with Crippen molar-refractivity contribution in [2.24, 2.45) is 0 Å². The third-order valence-corrected chi connectivity index (χ3v) is 1.57. The molecule has 1 aliphatic heterocycles. The molecule has 7 heteroatoms. The summed E-state index contributed by atoms with van der Waals surface area (Å²) in [6.45, 7) is -1.36. The van der Waals surface area contributed by atoms with Gasteiger partial charge in [0.05, 0.1) is 12.7 Å². The van der Waals surface area contributed by atoms with Gasteiger partial charge >= 0.3 is 58.4 Å². The Morgan fingerprint density at radius 1 is 1.36 bits per heavy atom. The normalized spacial score (nSPS) is 26.5. The Morgan fingerprint density at radius 3 is 2.29 bits per heavy atom. The van der Waals surface area contributed by atoms with Gasteiger partial charge in [-0.15, -0.1) is 5.98 Å². The van der Waals surface area contributed by atoms with Gasteiger partial charge in [0.1, 0.15) is 0 Å². The second-order valence-corrected chi connectivity index (χ2v) is 3.38. The van der Waals surface area contributed by atoms with E-state index in [4.69, 9.17) is 9.47 Å². The van der Waals surface area contributed by atoms with E-state index < -0.39 is 18.9 Å². The van der Waals surface area contributed by atoms with Gasteiger partial charge in [-0.1, -0.05) is 6.08 Å². The molecule has 0 unspecified atom stereocenters. The van der Waals surface area contributed by atoms with E-state index in [2.05, 4.69) is 0 Å². The van der Waals surface area contributed by atoms with Crippen molar-refractivity contribution in [2.75, 3.05) is 6.61 Å². The average Bonchev–Trinajstić information content (AvgIpc) is 2.24. The van der Waals surface area contributed by atoms with Crippen LogP contribution in [0.1, 0.15) is 13.8 Å². The summed E-state index contributed by atoms with van der Waals surface area (Å²) in [7, 11) is 0. The molecule has 0 aromatic heterocycles. The summed E-state index contributed by atoms with van der Waals surface area (Å²) >= 11 is 0. The van der Waals surface area contributed by atoms with Crippen LogP contribution in [-0.2, 0) is 9.47 Å². The summed E-state index contributed by atoms with van der Waals surface area (Å²) < 4.78 is 45.6. The van der Waals surface area contributed by atoms with Crippen LogP contribution in [0.5, 0.6) is 0 Å². The molecule has 0 bridgehead atoms. The number of ether oxygens (including phenoxy) is 2. The van der Waals surface area contributed by atoms with Crippen molar-refractivity contribution in [1.29, 1.82) is 0 Å². The molecule has 0 N–H and O–H groups in total. The first-order valence-corrected chi connectivity index (χ1v) is 4.00. The summed E-state index contributed by atoms with van der Waals surface area (Å²) in [6.07, 6.45) is 0.410. The number of rotatable bonds is 2. The average molecular weight is 234 g/mol. The molecule has 1 fully saturated rings. The largest absolute Gasteiger partial charge is 1.00 e. The zero-order chi connectivity index (χ0) is 10.1. The quantitative estimate of drug-likeness (QED) is 0.575. The molecular weight excluding hydrogens is 223 g/mol. The molecular formula is C7H11BF3KO2. The SMILES string of the molecule is CC1(C)OC[C@H](/C=C/[B-](F)(F)F)O1.[K+]. The van der Waals surface area contributed by atoms with E-state index >= 15 is 0 Å². The fraction of sp³-hybridized carbons (Fsp3) is 0.714. The maximum Gasteiger partial charge on any atom is 1.00 e. The van der Waals surface area contributed by atoms with E-state index in [1.165, 1.54) is 0 Å². The maximum atomic E-state index is 11.8. The maximum absolute atomic E-state index is 11.8. The minimum absolute atomic E-state index is 0. The van der Waals surface area contributed by atoms with Gasteiger partial charge in [0.15, 0.2) is 5.79 Å². The van der Waals surface area contributed by atoms with E-state index in [-0.39, 0.29) is 64.0 Å². The molecule has 0 aromatic rings. The summed E-state index contributed by atoms with van der Waals surface area (Å²) in [4.78, 5) is 0. The predicted molar refractivity (Wildman–Crippen MR) is 43.1 cm³/mol. The summed E-state index contributed by atoms with van der Waals surface area (Å²) in [5, 5.41) is 0. The first kappa shape index (κ1) is 15.2. The molecule has 1 atom stereocenters. The van der Waals surface area contributed by atoms with Gasteiger partial charge in [-0.2, -0.15) is 0 Å². The molecule has 1 saturated heterocycles. The van der Waals surface area contributed by atoms with E-state index in [9.17, 15) is 12.9 Å². The minimum atomic E-state index is -4.87. The van der Waals surface area contributed by atoms with E-state index in [1.807, 2.05) is 0 Å². The second-order valence-electron chi connectivity index (χ2n) is 3.38. The van der Waals surface area contributed by atoms with Crippen molar-refractivity contribution in [3.63, 3.8) is 0 Å². The Hall–Kier alpha value is 1.15. The molecule has 1 aliphatic rings. The van der Waals surface area contributed by atoms with Crippen molar-refractivity contribution in [2.45, 2.75) is 25.7 Å². The monoisotopic (exact) mass is 234 g/mol. The molecule has 0 aromatic carbocycles. The standard InChI is InChI=1S/C7H11BF3O2.K/c1-7(2)12-5-6(13-7)3-4-8(9,10)11;/h3-4,6H,5H2,1-2H3;/q-1;+1/b4-3+;/t6-;/m0./s1. The molecule has 1 rings (SSSR count). The first-order valence-electron chi connectivity index (χ1n) is 4.00. The van der Waals surface area contributed by atoms with Crippen molar-refractivity contribution in [3.05, 3.63) is 12.1 Å². The van der Waals surface area contributed by atoms with Crippen LogP contribution < -0.4 is 51.4 Å². The van der Waals surface area contributed by atoms with Crippen LogP contribution in [0.3, 0.4) is 0 Å². The van der Waals surface area contributed by atoms with Crippen molar-refractivity contribution < 1.29 is 73.8 Å². The Bertz CT molecular complexity index is 217. The second kappa shape index (κ2) is 5.47. The van der Waals surface area contributed by atoms with Gasteiger partial charge in [0.25, 0.3) is 0 Å². The van der Waals surface area contributed by atoms with Crippen LogP contribution in [0.2, 0.25) is 0 Å². The van der Waals surface area contributed by atoms with Gasteiger partial charge < -0.3 is 22.4 Å². The topological polar surface area (TPSA) is 18.5 Å². The molecule has 0 amide bonds. The van der Waals surface area contributed by atoms with Gasteiger partial charge in [0, 0.05) is 0 Å². The summed E-state index contributed by atoms with van der Waals surface area (Å²) in [6, 6.07) is 0. The van der Waals surface area contributed by atoms with Gasteiger partial charge in [-0.3, -0.25) is 0 Å². The molecule has 76 valence electrons. The Labute approximate surface area is 124 Å². The fourth-order valence-electron chi connectivity index (χ4n) is 1.06. The third-order valence-electron chi connectivity index (χ3n) is 1.57. The van der Waals surface area contributed by atoms with Crippen LogP contribution in [0.15, 0.2) is 12.1 Å². The fourth-order valence-corrected chi connectivity index (χ4v) is 1.06. The molecule has 0 saturated carbocycles. The Morgan fingerprint density at radius 2 is 1.93 bits per heavy atom. The van der Waals surface area contributed by atoms with Gasteiger partial charge in [-0.05, 0) is 13.8 Å². The van der Waals surface area contributed by atoms with Crippen molar-refractivity contribution in [3.8, 4) is 0 Å². The van der Waals surface area contributed by atoms with E-state index in [0.29, 0.717) is 0 Å². The van der Waals surface area contributed by atoms with E-state index in [0.717, 1.165) is 6.08 Å². The van der Waals surface area contributed by atoms with Crippen LogP contribution in [-0.4, -0.2) is 25.5 Å². The zero-order valence-corrected chi connectivity index (χ0v) is 11.6. The number of halogens is 3. The smallest absolute Gasteiger partial charge is 0.445 e. The molecule has 1 heterocycles. The predicted octanol–water partition coefficient (Wildman–Crippen LogP) is -0.915. The Balaban J connectivity index is 0.00000169. The third kappa shape index (κ3) is 5.89. The molecule has 14 heavy (non-hydrogen) atoms. The van der Waals surface area contributed by atoms with Gasteiger partial charge in [0.2, 0.25) is 0 Å². The summed E-state index contributed by atoms with van der Waals surface area (Å²) in [5.74, 6) is -0.539. The van der Waals surface area contributed by atoms with E-state index in [1.54, 1.807) is 13.8 Å². The van der Waals surface area contributed by atoms with Crippen LogP contribution in [0.4, 0.5) is 12.9 Å². The van der Waals surface area contributed by atoms with Crippen LogP contribution in [0, 0.1) is 0 Å². The molecule has 0 aliphatic carbocycles. The summed E-state index contributed by atoms with van der Waals surface area (Å²) in [5.41, 5.74) is 0.